The number of nitrogens with one attached hydrogen (secondary N) is 1. The highest BCUT2D eigenvalue weighted by Gasteiger charge is 2.19. The number of benzene rings is 1. The minimum Gasteiger partial charge on any atom is -0.322 e. The van der Waals surface area contributed by atoms with Crippen molar-refractivity contribution in [2.45, 2.75) is 46.1 Å². The topological polar surface area (TPSA) is 77.6 Å². The minimum absolute atomic E-state index is 0.296. The first-order valence-electron chi connectivity index (χ1n) is 10.2. The van der Waals surface area contributed by atoms with Crippen LogP contribution in [0.2, 0.25) is 0 Å². The van der Waals surface area contributed by atoms with Gasteiger partial charge in [0.05, 0.1) is 11.3 Å². The Kier molecular flexibility index (Phi) is 5.48. The number of aromatic nitrogens is 5. The predicted octanol–water partition coefficient (Wildman–Crippen LogP) is 3.81. The molecule has 2 aromatic heterocycles. The van der Waals surface area contributed by atoms with Gasteiger partial charge in [-0.15, -0.1) is 10.2 Å². The van der Waals surface area contributed by atoms with Gasteiger partial charge in [-0.2, -0.15) is 5.10 Å². The first-order chi connectivity index (χ1) is 14.4. The number of nitrogens with zero attached hydrogens (tertiary/aromatic N) is 5. The summed E-state index contributed by atoms with van der Waals surface area (Å²) in [5.74, 6) is 0.721. The van der Waals surface area contributed by atoms with Crippen molar-refractivity contribution in [1.29, 1.82) is 0 Å². The van der Waals surface area contributed by atoms with E-state index in [0.717, 1.165) is 55.0 Å². The Balaban J connectivity index is 1.56. The van der Waals surface area contributed by atoms with Crippen LogP contribution in [0.1, 0.15) is 42.0 Å². The lowest BCUT2D eigenvalue weighted by Gasteiger charge is -2.10. The van der Waals surface area contributed by atoms with Gasteiger partial charge in [-0.1, -0.05) is 6.42 Å². The van der Waals surface area contributed by atoms with Crippen LogP contribution in [0.25, 0.3) is 17.5 Å². The third kappa shape index (κ3) is 3.90. The number of hydrogen-bond acceptors (Lipinski definition) is 4. The lowest BCUT2D eigenvalue weighted by atomic mass is 10.1. The minimum atomic E-state index is -0.385. The van der Waals surface area contributed by atoms with Crippen molar-refractivity contribution in [3.63, 3.8) is 0 Å². The second kappa shape index (κ2) is 8.22. The molecule has 1 amide bonds. The number of fused-ring (bicyclic) bond motifs is 1. The maximum absolute atomic E-state index is 14.6. The van der Waals surface area contributed by atoms with Gasteiger partial charge in [0, 0.05) is 43.0 Å². The van der Waals surface area contributed by atoms with Crippen molar-refractivity contribution in [3.05, 3.63) is 52.9 Å². The Labute approximate surface area is 174 Å². The summed E-state index contributed by atoms with van der Waals surface area (Å²) < 4.78 is 18.4. The van der Waals surface area contributed by atoms with Crippen LogP contribution in [-0.2, 0) is 24.8 Å². The number of hydrogen-bond donors (Lipinski definition) is 1. The van der Waals surface area contributed by atoms with E-state index in [4.69, 9.17) is 0 Å². The van der Waals surface area contributed by atoms with E-state index in [2.05, 4.69) is 20.6 Å². The fourth-order valence-electron chi connectivity index (χ4n) is 3.83. The van der Waals surface area contributed by atoms with Gasteiger partial charge in [-0.3, -0.25) is 9.48 Å². The molecule has 0 spiro atoms. The highest BCUT2D eigenvalue weighted by atomic mass is 19.1. The number of amides is 1. The molecule has 4 rings (SSSR count). The molecule has 30 heavy (non-hydrogen) atoms. The van der Waals surface area contributed by atoms with Crippen molar-refractivity contribution < 1.29 is 9.18 Å². The third-order valence-corrected chi connectivity index (χ3v) is 5.55. The monoisotopic (exact) mass is 408 g/mol. The number of anilines is 1. The summed E-state index contributed by atoms with van der Waals surface area (Å²) in [5.41, 5.74) is 3.60. The van der Waals surface area contributed by atoms with Gasteiger partial charge in [0.1, 0.15) is 11.6 Å². The van der Waals surface area contributed by atoms with E-state index in [0.29, 0.717) is 17.1 Å². The highest BCUT2D eigenvalue weighted by Crippen LogP contribution is 2.27. The van der Waals surface area contributed by atoms with Gasteiger partial charge in [0.15, 0.2) is 5.82 Å². The molecule has 156 valence electrons. The Morgan fingerprint density at radius 2 is 2.03 bits per heavy atom. The van der Waals surface area contributed by atoms with E-state index in [1.165, 1.54) is 12.1 Å². The first-order valence-corrected chi connectivity index (χ1v) is 10.2. The molecule has 1 aliphatic rings. The molecular weight excluding hydrogens is 383 g/mol. The summed E-state index contributed by atoms with van der Waals surface area (Å²) in [6, 6.07) is 4.51. The van der Waals surface area contributed by atoms with Gasteiger partial charge in [-0.05, 0) is 51.0 Å². The van der Waals surface area contributed by atoms with Crippen molar-refractivity contribution in [2.75, 3.05) is 5.32 Å². The second-order valence-electron chi connectivity index (χ2n) is 7.63. The molecule has 3 aromatic rings. The third-order valence-electron chi connectivity index (χ3n) is 5.55. The van der Waals surface area contributed by atoms with E-state index in [1.807, 2.05) is 25.5 Å². The number of halogens is 1. The normalized spacial score (nSPS) is 14.0. The SMILES string of the molecule is Cc1nn(C)c(C)c1/C=C/C(=O)Nc1ccc(F)c(-c2nnc3n2CCCCC3)c1. The van der Waals surface area contributed by atoms with Crippen LogP contribution in [0.15, 0.2) is 24.3 Å². The van der Waals surface area contributed by atoms with Gasteiger partial charge in [0.2, 0.25) is 5.91 Å². The molecule has 0 saturated heterocycles. The van der Waals surface area contributed by atoms with E-state index < -0.39 is 0 Å². The van der Waals surface area contributed by atoms with Crippen LogP contribution >= 0.6 is 0 Å². The zero-order valence-corrected chi connectivity index (χ0v) is 17.4. The Hall–Kier alpha value is -3.29. The maximum atomic E-state index is 14.6. The summed E-state index contributed by atoms with van der Waals surface area (Å²) in [5, 5.41) is 15.6. The van der Waals surface area contributed by atoms with Crippen molar-refractivity contribution in [1.82, 2.24) is 24.5 Å². The fourth-order valence-corrected chi connectivity index (χ4v) is 3.83. The molecular formula is C22H25FN6O. The van der Waals surface area contributed by atoms with Gasteiger partial charge in [0.25, 0.3) is 0 Å². The summed E-state index contributed by atoms with van der Waals surface area (Å²) in [7, 11) is 1.87. The Morgan fingerprint density at radius 3 is 2.80 bits per heavy atom. The fraction of sp³-hybridized carbons (Fsp3) is 0.364. The molecule has 1 aliphatic heterocycles. The molecule has 1 aromatic carbocycles. The molecule has 3 heterocycles. The number of carbonyl (C=O) groups is 1. The molecule has 0 saturated carbocycles. The average molecular weight is 408 g/mol. The molecule has 8 heteroatoms. The molecule has 7 nitrogen and oxygen atoms in total. The van der Waals surface area contributed by atoms with Crippen LogP contribution in [0.3, 0.4) is 0 Å². The molecule has 0 radical (unpaired) electrons. The average Bonchev–Trinajstić information content (AvgIpc) is 3.11. The summed E-state index contributed by atoms with van der Waals surface area (Å²) >= 11 is 0. The van der Waals surface area contributed by atoms with E-state index in [1.54, 1.807) is 22.9 Å². The highest BCUT2D eigenvalue weighted by molar-refractivity contribution is 6.02. The van der Waals surface area contributed by atoms with Crippen LogP contribution < -0.4 is 5.32 Å². The molecule has 0 aliphatic carbocycles. The first kappa shape index (κ1) is 20.0. The second-order valence-corrected chi connectivity index (χ2v) is 7.63. The number of carbonyl (C=O) groups excluding carboxylic acids is 1. The molecule has 0 atom stereocenters. The summed E-state index contributed by atoms with van der Waals surface area (Å²) in [4.78, 5) is 12.4. The standard InChI is InChI=1S/C22H25FN6O/c1-14-17(15(2)28(3)27-14)9-11-21(30)24-16-8-10-19(23)18(13-16)22-26-25-20-7-5-4-6-12-29(20)22/h8-11,13H,4-7,12H2,1-3H3,(H,24,30)/b11-9+. The Morgan fingerprint density at radius 1 is 1.20 bits per heavy atom. The lowest BCUT2D eigenvalue weighted by molar-refractivity contribution is -0.111. The predicted molar refractivity (Wildman–Crippen MR) is 113 cm³/mol. The quantitative estimate of drug-likeness (QED) is 0.666. The van der Waals surface area contributed by atoms with Crippen molar-refractivity contribution in [2.24, 2.45) is 7.05 Å². The van der Waals surface area contributed by atoms with E-state index >= 15 is 0 Å². The Bertz CT molecular complexity index is 1130. The van der Waals surface area contributed by atoms with Crippen LogP contribution in [-0.4, -0.2) is 30.5 Å². The van der Waals surface area contributed by atoms with Crippen LogP contribution in [0.5, 0.6) is 0 Å². The molecule has 0 fully saturated rings. The van der Waals surface area contributed by atoms with Crippen LogP contribution in [0, 0.1) is 19.7 Å². The summed E-state index contributed by atoms with van der Waals surface area (Å²) in [6.07, 6.45) is 7.28. The van der Waals surface area contributed by atoms with E-state index in [-0.39, 0.29) is 11.7 Å². The zero-order chi connectivity index (χ0) is 21.3. The van der Waals surface area contributed by atoms with Crippen molar-refractivity contribution >= 4 is 17.7 Å². The number of rotatable bonds is 4. The van der Waals surface area contributed by atoms with Crippen LogP contribution in [0.4, 0.5) is 10.1 Å². The smallest absolute Gasteiger partial charge is 0.248 e. The summed E-state index contributed by atoms with van der Waals surface area (Å²) in [6.45, 7) is 4.63. The van der Waals surface area contributed by atoms with Crippen molar-refractivity contribution in [3.8, 4) is 11.4 Å². The van der Waals surface area contributed by atoms with Gasteiger partial charge >= 0.3 is 0 Å². The molecule has 1 N–H and O–H groups in total. The van der Waals surface area contributed by atoms with Gasteiger partial charge in [-0.25, -0.2) is 4.39 Å². The lowest BCUT2D eigenvalue weighted by Crippen LogP contribution is -2.09. The van der Waals surface area contributed by atoms with Gasteiger partial charge < -0.3 is 9.88 Å². The molecule has 0 unspecified atom stereocenters. The number of aryl methyl sites for hydroxylation is 3. The maximum Gasteiger partial charge on any atom is 0.248 e. The molecule has 0 bridgehead atoms. The van der Waals surface area contributed by atoms with E-state index in [9.17, 15) is 9.18 Å². The zero-order valence-electron chi connectivity index (χ0n) is 17.4. The largest absolute Gasteiger partial charge is 0.322 e.